The highest BCUT2D eigenvalue weighted by Crippen LogP contribution is 2.25. The van der Waals surface area contributed by atoms with Gasteiger partial charge in [0, 0.05) is 0 Å². The molecule has 126 valence electrons. The highest BCUT2D eigenvalue weighted by molar-refractivity contribution is 6.45. The molecule has 7 heteroatoms. The van der Waals surface area contributed by atoms with Gasteiger partial charge >= 0.3 is 0 Å². The molecule has 0 saturated carbocycles. The number of aliphatic hydroxyl groups excluding tert-OH is 1. The van der Waals surface area contributed by atoms with Crippen LogP contribution in [0.5, 0.6) is 11.5 Å². The summed E-state index contributed by atoms with van der Waals surface area (Å²) in [7, 11) is 1.34. The van der Waals surface area contributed by atoms with Crippen LogP contribution in [0.25, 0.3) is 0 Å². The number of amides is 1. The second kappa shape index (κ2) is 9.29. The Kier molecular flexibility index (Phi) is 6.75. The van der Waals surface area contributed by atoms with Crippen molar-refractivity contribution in [2.75, 3.05) is 20.3 Å². The van der Waals surface area contributed by atoms with Crippen LogP contribution in [0.4, 0.5) is 0 Å². The lowest BCUT2D eigenvalue weighted by atomic mass is 10.1. The number of hydroxylamine groups is 1. The molecule has 2 rings (SSSR count). The molecule has 1 amide bonds. The molecule has 0 aromatic heterocycles. The van der Waals surface area contributed by atoms with Gasteiger partial charge in [-0.05, 0) is 24.3 Å². The summed E-state index contributed by atoms with van der Waals surface area (Å²) in [5.74, 6) is 0.449. The first-order chi connectivity index (χ1) is 11.8. The zero-order chi connectivity index (χ0) is 17.2. The quantitative estimate of drug-likeness (QED) is 0.438. The van der Waals surface area contributed by atoms with Crippen LogP contribution in [-0.4, -0.2) is 37.0 Å². The fourth-order valence-corrected chi connectivity index (χ4v) is 1.88. The molecule has 0 bridgehead atoms. The monoisotopic (exact) mass is 330 g/mol. The van der Waals surface area contributed by atoms with E-state index in [0.717, 1.165) is 0 Å². The first-order valence-electron chi connectivity index (χ1n) is 7.22. The first-order valence-corrected chi connectivity index (χ1v) is 7.22. The predicted molar refractivity (Wildman–Crippen MR) is 87.7 cm³/mol. The molecule has 0 saturated heterocycles. The number of oxime groups is 1. The number of rotatable bonds is 8. The van der Waals surface area contributed by atoms with Crippen molar-refractivity contribution in [3.05, 3.63) is 60.2 Å². The molecule has 0 spiro atoms. The average Bonchev–Trinajstić information content (AvgIpc) is 2.61. The fourth-order valence-electron chi connectivity index (χ4n) is 1.88. The smallest absolute Gasteiger partial charge is 0.297 e. The summed E-state index contributed by atoms with van der Waals surface area (Å²) in [5, 5.41) is 12.5. The summed E-state index contributed by atoms with van der Waals surface area (Å²) in [6, 6.07) is 16.1. The predicted octanol–water partition coefficient (Wildman–Crippen LogP) is 1.87. The minimum Gasteiger partial charge on any atom is -0.457 e. The number of para-hydroxylation sites is 2. The Morgan fingerprint density at radius 3 is 2.54 bits per heavy atom. The highest BCUT2D eigenvalue weighted by Gasteiger charge is 2.20. The summed E-state index contributed by atoms with van der Waals surface area (Å²) in [5.41, 5.74) is 2.62. The lowest BCUT2D eigenvalue weighted by Gasteiger charge is -2.12. The molecule has 0 atom stereocenters. The van der Waals surface area contributed by atoms with E-state index >= 15 is 0 Å². The first kappa shape index (κ1) is 17.5. The summed E-state index contributed by atoms with van der Waals surface area (Å²) in [4.78, 5) is 21.8. The molecule has 2 aromatic carbocycles. The maximum atomic E-state index is 12.2. The van der Waals surface area contributed by atoms with Crippen molar-refractivity contribution in [3.8, 4) is 11.5 Å². The number of hydrogen-bond donors (Lipinski definition) is 2. The van der Waals surface area contributed by atoms with E-state index in [1.165, 1.54) is 7.11 Å². The van der Waals surface area contributed by atoms with Crippen molar-refractivity contribution in [2.45, 2.75) is 0 Å². The van der Waals surface area contributed by atoms with Crippen LogP contribution in [0.2, 0.25) is 0 Å². The second-order valence-electron chi connectivity index (χ2n) is 4.54. The standard InChI is InChI=1S/C17H18N2O5/c1-22-18-16(17(21)19-23-12-11-20)14-9-5-6-10-15(14)24-13-7-3-2-4-8-13/h2-10,20H,11-12H2,1H3,(H,19,21). The Labute approximate surface area is 139 Å². The van der Waals surface area contributed by atoms with Gasteiger partial charge in [-0.15, -0.1) is 0 Å². The molecule has 0 unspecified atom stereocenters. The van der Waals surface area contributed by atoms with E-state index in [2.05, 4.69) is 10.6 Å². The molecular weight excluding hydrogens is 312 g/mol. The number of carbonyl (C=O) groups excluding carboxylic acids is 1. The van der Waals surface area contributed by atoms with E-state index < -0.39 is 5.91 Å². The third-order valence-electron chi connectivity index (χ3n) is 2.87. The lowest BCUT2D eigenvalue weighted by molar-refractivity contribution is -0.127. The molecule has 7 nitrogen and oxygen atoms in total. The number of hydrogen-bond acceptors (Lipinski definition) is 6. The molecule has 0 heterocycles. The largest absolute Gasteiger partial charge is 0.457 e. The van der Waals surface area contributed by atoms with Gasteiger partial charge in [0.15, 0.2) is 5.71 Å². The van der Waals surface area contributed by atoms with Crippen LogP contribution >= 0.6 is 0 Å². The number of nitrogens with zero attached hydrogens (tertiary/aromatic N) is 1. The van der Waals surface area contributed by atoms with Gasteiger partial charge < -0.3 is 14.7 Å². The Morgan fingerprint density at radius 2 is 1.83 bits per heavy atom. The van der Waals surface area contributed by atoms with Crippen LogP contribution in [0, 0.1) is 0 Å². The van der Waals surface area contributed by atoms with Crippen LogP contribution in [0.1, 0.15) is 5.56 Å². The number of ether oxygens (including phenoxy) is 1. The van der Waals surface area contributed by atoms with E-state index in [0.29, 0.717) is 17.1 Å². The Balaban J connectivity index is 2.27. The molecule has 2 aromatic rings. The number of benzene rings is 2. The molecule has 24 heavy (non-hydrogen) atoms. The molecule has 0 aliphatic heterocycles. The van der Waals surface area contributed by atoms with Crippen LogP contribution in [-0.2, 0) is 14.5 Å². The summed E-state index contributed by atoms with van der Waals surface area (Å²) in [6.45, 7) is -0.251. The maximum absolute atomic E-state index is 12.2. The summed E-state index contributed by atoms with van der Waals surface area (Å²) in [6.07, 6.45) is 0. The average molecular weight is 330 g/mol. The van der Waals surface area contributed by atoms with Crippen molar-refractivity contribution >= 4 is 11.6 Å². The van der Waals surface area contributed by atoms with Crippen molar-refractivity contribution < 1.29 is 24.3 Å². The lowest BCUT2D eigenvalue weighted by Crippen LogP contribution is -2.33. The highest BCUT2D eigenvalue weighted by atomic mass is 16.7. The SMILES string of the molecule is CON=C(C(=O)NOCCO)c1ccccc1Oc1ccccc1. The van der Waals surface area contributed by atoms with E-state index in [9.17, 15) is 4.79 Å². The van der Waals surface area contributed by atoms with Gasteiger partial charge in [-0.1, -0.05) is 35.5 Å². The van der Waals surface area contributed by atoms with Gasteiger partial charge in [0.25, 0.3) is 5.91 Å². The van der Waals surface area contributed by atoms with Gasteiger partial charge in [0.2, 0.25) is 0 Å². The van der Waals surface area contributed by atoms with Crippen molar-refractivity contribution in [3.63, 3.8) is 0 Å². The zero-order valence-electron chi connectivity index (χ0n) is 13.1. The van der Waals surface area contributed by atoms with E-state index in [1.807, 2.05) is 18.2 Å². The summed E-state index contributed by atoms with van der Waals surface area (Å²) >= 11 is 0. The van der Waals surface area contributed by atoms with Crippen LogP contribution < -0.4 is 10.2 Å². The van der Waals surface area contributed by atoms with Gasteiger partial charge in [-0.3, -0.25) is 9.63 Å². The third-order valence-corrected chi connectivity index (χ3v) is 2.87. The van der Waals surface area contributed by atoms with Crippen LogP contribution in [0.3, 0.4) is 0 Å². The topological polar surface area (TPSA) is 89.4 Å². The molecule has 0 fully saturated rings. The van der Waals surface area contributed by atoms with Gasteiger partial charge in [0.1, 0.15) is 18.6 Å². The number of carbonyl (C=O) groups is 1. The van der Waals surface area contributed by atoms with Gasteiger partial charge in [0.05, 0.1) is 18.8 Å². The minimum atomic E-state index is -0.616. The normalized spacial score (nSPS) is 11.0. The molecular formula is C17H18N2O5. The van der Waals surface area contributed by atoms with Crippen molar-refractivity contribution in [1.29, 1.82) is 0 Å². The Hall–Kier alpha value is -2.90. The molecule has 0 aliphatic carbocycles. The van der Waals surface area contributed by atoms with Gasteiger partial charge in [-0.2, -0.15) is 0 Å². The Bertz CT molecular complexity index is 688. The number of nitrogens with one attached hydrogen (secondary N) is 1. The van der Waals surface area contributed by atoms with E-state index in [-0.39, 0.29) is 18.9 Å². The van der Waals surface area contributed by atoms with Crippen molar-refractivity contribution in [1.82, 2.24) is 5.48 Å². The molecule has 0 radical (unpaired) electrons. The fraction of sp³-hybridized carbons (Fsp3) is 0.176. The molecule has 2 N–H and O–H groups in total. The van der Waals surface area contributed by atoms with Crippen LogP contribution in [0.15, 0.2) is 59.8 Å². The molecule has 0 aliphatic rings. The maximum Gasteiger partial charge on any atom is 0.297 e. The number of aliphatic hydroxyl groups is 1. The minimum absolute atomic E-state index is 0.0121. The van der Waals surface area contributed by atoms with Crippen molar-refractivity contribution in [2.24, 2.45) is 5.16 Å². The second-order valence-corrected chi connectivity index (χ2v) is 4.54. The summed E-state index contributed by atoms with van der Waals surface area (Å²) < 4.78 is 5.82. The Morgan fingerprint density at radius 1 is 1.12 bits per heavy atom. The van der Waals surface area contributed by atoms with E-state index in [4.69, 9.17) is 19.5 Å². The van der Waals surface area contributed by atoms with Gasteiger partial charge in [-0.25, -0.2) is 5.48 Å². The zero-order valence-corrected chi connectivity index (χ0v) is 13.1. The van der Waals surface area contributed by atoms with E-state index in [1.54, 1.807) is 36.4 Å². The third kappa shape index (κ3) is 4.80.